The van der Waals surface area contributed by atoms with Crippen LogP contribution in [0, 0.1) is 0 Å². The summed E-state index contributed by atoms with van der Waals surface area (Å²) in [6.45, 7) is 0. The molecule has 7 heteroatoms. The Labute approximate surface area is 139 Å². The van der Waals surface area contributed by atoms with Gasteiger partial charge in [-0.05, 0) is 17.7 Å². The zero-order valence-corrected chi connectivity index (χ0v) is 13.6. The first-order chi connectivity index (χ1) is 11.0. The topological polar surface area (TPSA) is 78.0 Å². The monoisotopic (exact) mass is 347 g/mol. The van der Waals surface area contributed by atoms with Gasteiger partial charge in [0.15, 0.2) is 0 Å². The minimum absolute atomic E-state index is 0.0749. The third kappa shape index (κ3) is 3.38. The molecule has 0 bridgehead atoms. The van der Waals surface area contributed by atoms with E-state index in [1.54, 1.807) is 48.5 Å². The summed E-state index contributed by atoms with van der Waals surface area (Å²) in [6, 6.07) is 17.4. The van der Waals surface area contributed by atoms with Crippen molar-refractivity contribution in [3.8, 4) is 11.3 Å². The molecule has 0 aliphatic rings. The van der Waals surface area contributed by atoms with Gasteiger partial charge in [-0.15, -0.1) is 4.09 Å². The Hall–Kier alpha value is -2.31. The highest BCUT2D eigenvalue weighted by molar-refractivity contribution is 7.89. The van der Waals surface area contributed by atoms with E-state index < -0.39 is 10.0 Å². The molecule has 2 aromatic carbocycles. The van der Waals surface area contributed by atoms with Crippen molar-refractivity contribution in [1.82, 2.24) is 9.19 Å². The van der Waals surface area contributed by atoms with Crippen molar-refractivity contribution in [2.45, 2.75) is 5.75 Å². The number of nitrogen functional groups attached to an aromatic ring is 1. The van der Waals surface area contributed by atoms with Crippen molar-refractivity contribution in [1.29, 1.82) is 0 Å². The first-order valence-corrected chi connectivity index (χ1v) is 8.83. The smallest absolute Gasteiger partial charge is 0.259 e. The van der Waals surface area contributed by atoms with E-state index in [1.165, 1.54) is 6.07 Å². The summed E-state index contributed by atoms with van der Waals surface area (Å²) < 4.78 is 25.9. The van der Waals surface area contributed by atoms with E-state index in [0.29, 0.717) is 16.3 Å². The van der Waals surface area contributed by atoms with Crippen LogP contribution in [0.3, 0.4) is 0 Å². The third-order valence-corrected chi connectivity index (χ3v) is 5.07. The van der Waals surface area contributed by atoms with Crippen molar-refractivity contribution >= 4 is 27.4 Å². The second-order valence-electron chi connectivity index (χ2n) is 5.05. The van der Waals surface area contributed by atoms with E-state index in [0.717, 1.165) is 9.65 Å². The van der Waals surface area contributed by atoms with Gasteiger partial charge in [-0.2, -0.15) is 5.10 Å². The van der Waals surface area contributed by atoms with Gasteiger partial charge in [0.2, 0.25) is 0 Å². The Morgan fingerprint density at radius 1 is 1.04 bits per heavy atom. The average Bonchev–Trinajstić information content (AvgIpc) is 2.91. The van der Waals surface area contributed by atoms with Gasteiger partial charge in [-0.25, -0.2) is 8.42 Å². The molecule has 0 spiro atoms. The van der Waals surface area contributed by atoms with Crippen molar-refractivity contribution in [2.24, 2.45) is 0 Å². The Bertz CT molecular complexity index is 920. The first-order valence-electron chi connectivity index (χ1n) is 6.84. The van der Waals surface area contributed by atoms with Crippen LogP contribution < -0.4 is 5.73 Å². The van der Waals surface area contributed by atoms with E-state index in [9.17, 15) is 8.42 Å². The summed E-state index contributed by atoms with van der Waals surface area (Å²) in [5, 5.41) is 4.73. The molecule has 0 aliphatic carbocycles. The largest absolute Gasteiger partial charge is 0.383 e. The minimum atomic E-state index is -3.68. The molecule has 0 aliphatic heterocycles. The van der Waals surface area contributed by atoms with Crippen LogP contribution in [0.5, 0.6) is 0 Å². The summed E-state index contributed by atoms with van der Waals surface area (Å²) in [6.07, 6.45) is 0. The van der Waals surface area contributed by atoms with E-state index in [1.807, 2.05) is 6.07 Å². The lowest BCUT2D eigenvalue weighted by molar-refractivity contribution is 0.580. The maximum Gasteiger partial charge on any atom is 0.259 e. The molecule has 0 saturated heterocycles. The highest BCUT2D eigenvalue weighted by Crippen LogP contribution is 2.24. The van der Waals surface area contributed by atoms with Crippen LogP contribution in [-0.2, 0) is 15.8 Å². The molecular weight excluding hydrogens is 334 g/mol. The van der Waals surface area contributed by atoms with Crippen molar-refractivity contribution in [2.75, 3.05) is 5.73 Å². The third-order valence-electron chi connectivity index (χ3n) is 3.30. The van der Waals surface area contributed by atoms with Crippen LogP contribution in [0.25, 0.3) is 11.3 Å². The molecule has 0 atom stereocenters. The van der Waals surface area contributed by atoms with Crippen LogP contribution >= 0.6 is 11.6 Å². The Balaban J connectivity index is 1.95. The minimum Gasteiger partial charge on any atom is -0.383 e. The molecule has 0 amide bonds. The molecule has 0 unspecified atom stereocenters. The normalized spacial score (nSPS) is 11.5. The number of halogens is 1. The van der Waals surface area contributed by atoms with E-state index in [2.05, 4.69) is 5.10 Å². The number of nitrogens with two attached hydrogens (primary N) is 1. The van der Waals surface area contributed by atoms with Gasteiger partial charge in [-0.3, -0.25) is 0 Å². The standard InChI is InChI=1S/C16H14ClN3O2S/c17-14-8-6-13(7-9-14)15-10-16(18)20(19-15)23(21,22)11-12-4-2-1-3-5-12/h1-10H,11,18H2. The molecular formula is C16H14ClN3O2S. The van der Waals surface area contributed by atoms with Gasteiger partial charge in [0.05, 0.1) is 11.4 Å². The number of anilines is 1. The molecule has 0 radical (unpaired) electrons. The molecule has 118 valence electrons. The van der Waals surface area contributed by atoms with Crippen LogP contribution in [0.1, 0.15) is 5.56 Å². The highest BCUT2D eigenvalue weighted by Gasteiger charge is 2.20. The Morgan fingerprint density at radius 2 is 1.70 bits per heavy atom. The van der Waals surface area contributed by atoms with Gasteiger partial charge < -0.3 is 5.73 Å². The molecule has 2 N–H and O–H groups in total. The predicted octanol–water partition coefficient (Wildman–Crippen LogP) is 3.16. The fourth-order valence-corrected chi connectivity index (χ4v) is 3.66. The lowest BCUT2D eigenvalue weighted by atomic mass is 10.1. The van der Waals surface area contributed by atoms with Crippen molar-refractivity contribution < 1.29 is 8.42 Å². The van der Waals surface area contributed by atoms with Gasteiger partial charge in [0.25, 0.3) is 10.0 Å². The van der Waals surface area contributed by atoms with Gasteiger partial charge in [0, 0.05) is 16.7 Å². The number of hydrogen-bond acceptors (Lipinski definition) is 4. The zero-order chi connectivity index (χ0) is 16.4. The lowest BCUT2D eigenvalue weighted by Gasteiger charge is -2.06. The summed E-state index contributed by atoms with van der Waals surface area (Å²) in [4.78, 5) is 0. The average molecular weight is 348 g/mol. The highest BCUT2D eigenvalue weighted by atomic mass is 35.5. The van der Waals surface area contributed by atoms with Crippen LogP contribution in [0.2, 0.25) is 5.02 Å². The SMILES string of the molecule is Nc1cc(-c2ccc(Cl)cc2)nn1S(=O)(=O)Cc1ccccc1. The van der Waals surface area contributed by atoms with Gasteiger partial charge >= 0.3 is 0 Å². The molecule has 1 aromatic heterocycles. The first kappa shape index (κ1) is 15.6. The molecule has 0 fully saturated rings. The molecule has 3 aromatic rings. The summed E-state index contributed by atoms with van der Waals surface area (Å²) >= 11 is 5.85. The van der Waals surface area contributed by atoms with Crippen molar-refractivity contribution in [3.63, 3.8) is 0 Å². The Morgan fingerprint density at radius 3 is 2.35 bits per heavy atom. The quantitative estimate of drug-likeness (QED) is 0.786. The lowest BCUT2D eigenvalue weighted by Crippen LogP contribution is -2.18. The number of benzene rings is 2. The second-order valence-corrected chi connectivity index (χ2v) is 7.28. The van der Waals surface area contributed by atoms with Crippen molar-refractivity contribution in [3.05, 3.63) is 71.2 Å². The summed E-state index contributed by atoms with van der Waals surface area (Å²) in [7, 11) is -3.68. The summed E-state index contributed by atoms with van der Waals surface area (Å²) in [5.74, 6) is -0.0920. The number of nitrogens with zero attached hydrogens (tertiary/aromatic N) is 2. The maximum absolute atomic E-state index is 12.5. The summed E-state index contributed by atoms with van der Waals surface area (Å²) in [5.41, 5.74) is 7.75. The van der Waals surface area contributed by atoms with E-state index in [4.69, 9.17) is 17.3 Å². The molecule has 0 saturated carbocycles. The zero-order valence-electron chi connectivity index (χ0n) is 12.1. The molecule has 23 heavy (non-hydrogen) atoms. The van der Waals surface area contributed by atoms with Crippen LogP contribution in [0.15, 0.2) is 60.7 Å². The second kappa shape index (κ2) is 6.06. The van der Waals surface area contributed by atoms with Gasteiger partial charge in [-0.1, -0.05) is 54.1 Å². The number of hydrogen-bond donors (Lipinski definition) is 1. The Kier molecular flexibility index (Phi) is 4.11. The van der Waals surface area contributed by atoms with Crippen LogP contribution in [-0.4, -0.2) is 17.6 Å². The number of rotatable bonds is 4. The molecule has 3 rings (SSSR count). The number of aromatic nitrogens is 2. The predicted molar refractivity (Wildman–Crippen MR) is 91.5 cm³/mol. The fourth-order valence-electron chi connectivity index (χ4n) is 2.21. The van der Waals surface area contributed by atoms with E-state index >= 15 is 0 Å². The fraction of sp³-hybridized carbons (Fsp3) is 0.0625. The maximum atomic E-state index is 12.5. The van der Waals surface area contributed by atoms with E-state index in [-0.39, 0.29) is 11.6 Å². The molecule has 1 heterocycles. The molecule has 5 nitrogen and oxygen atoms in total. The van der Waals surface area contributed by atoms with Crippen LogP contribution in [0.4, 0.5) is 5.82 Å². The van der Waals surface area contributed by atoms with Gasteiger partial charge in [0.1, 0.15) is 5.82 Å².